The highest BCUT2D eigenvalue weighted by molar-refractivity contribution is 5.94. The molecule has 1 aromatic heterocycles. The van der Waals surface area contributed by atoms with Gasteiger partial charge in [0.05, 0.1) is 5.56 Å². The molecule has 0 aliphatic rings. The van der Waals surface area contributed by atoms with Crippen LogP contribution in [0.25, 0.3) is 0 Å². The van der Waals surface area contributed by atoms with Gasteiger partial charge in [0.15, 0.2) is 0 Å². The van der Waals surface area contributed by atoms with Crippen molar-refractivity contribution in [3.63, 3.8) is 0 Å². The van der Waals surface area contributed by atoms with Crippen molar-refractivity contribution in [2.75, 3.05) is 14.1 Å². The van der Waals surface area contributed by atoms with Crippen LogP contribution >= 0.6 is 0 Å². The van der Waals surface area contributed by atoms with Gasteiger partial charge in [0, 0.05) is 37.6 Å². The van der Waals surface area contributed by atoms with E-state index in [0.717, 1.165) is 17.0 Å². The maximum atomic E-state index is 13.0. The molecular formula is C24H26N2O3. The molecule has 0 saturated carbocycles. The van der Waals surface area contributed by atoms with Gasteiger partial charge < -0.3 is 14.2 Å². The lowest BCUT2D eigenvalue weighted by Gasteiger charge is -2.21. The second-order valence-electron chi connectivity index (χ2n) is 7.29. The summed E-state index contributed by atoms with van der Waals surface area (Å²) < 4.78 is 7.78. The highest BCUT2D eigenvalue weighted by Crippen LogP contribution is 2.24. The van der Waals surface area contributed by atoms with Crippen LogP contribution in [0.3, 0.4) is 0 Å². The minimum Gasteiger partial charge on any atom is -0.444 e. The Labute approximate surface area is 171 Å². The quantitative estimate of drug-likeness (QED) is 0.595. The predicted molar refractivity (Wildman–Crippen MR) is 113 cm³/mol. The van der Waals surface area contributed by atoms with E-state index in [2.05, 4.69) is 16.7 Å². The summed E-state index contributed by atoms with van der Waals surface area (Å²) in [6.45, 7) is 4.54. The Morgan fingerprint density at radius 3 is 2.14 bits per heavy atom. The molecule has 0 saturated heterocycles. The molecule has 3 aromatic rings. The second kappa shape index (κ2) is 8.78. The van der Waals surface area contributed by atoms with E-state index in [0.29, 0.717) is 17.7 Å². The zero-order chi connectivity index (χ0) is 21.0. The first-order valence-electron chi connectivity index (χ1n) is 9.56. The summed E-state index contributed by atoms with van der Waals surface area (Å²) in [6.07, 6.45) is -0.976. The highest BCUT2D eigenvalue weighted by atomic mass is 16.5. The van der Waals surface area contributed by atoms with E-state index in [-0.39, 0.29) is 5.91 Å². The van der Waals surface area contributed by atoms with Gasteiger partial charge in [-0.2, -0.15) is 0 Å². The molecule has 0 aliphatic heterocycles. The van der Waals surface area contributed by atoms with Crippen molar-refractivity contribution in [1.29, 1.82) is 0 Å². The highest BCUT2D eigenvalue weighted by Gasteiger charge is 2.28. The van der Waals surface area contributed by atoms with Gasteiger partial charge in [-0.3, -0.25) is 4.79 Å². The summed E-state index contributed by atoms with van der Waals surface area (Å²) in [4.78, 5) is 27.1. The van der Waals surface area contributed by atoms with Crippen LogP contribution in [-0.4, -0.2) is 35.4 Å². The van der Waals surface area contributed by atoms with Gasteiger partial charge in [0.2, 0.25) is 6.10 Å². The largest absolute Gasteiger partial charge is 0.444 e. The van der Waals surface area contributed by atoms with Crippen LogP contribution in [0.4, 0.5) is 0 Å². The van der Waals surface area contributed by atoms with E-state index in [1.807, 2.05) is 56.3 Å². The molecule has 1 amide bonds. The van der Waals surface area contributed by atoms with E-state index >= 15 is 0 Å². The van der Waals surface area contributed by atoms with Gasteiger partial charge >= 0.3 is 5.97 Å². The van der Waals surface area contributed by atoms with Crippen LogP contribution in [0, 0.1) is 13.8 Å². The third kappa shape index (κ3) is 4.57. The molecule has 1 heterocycles. The van der Waals surface area contributed by atoms with Crippen LogP contribution < -0.4 is 0 Å². The lowest BCUT2D eigenvalue weighted by molar-refractivity contribution is -0.138. The summed E-state index contributed by atoms with van der Waals surface area (Å²) in [5.74, 6) is -0.774. The molecule has 2 aromatic carbocycles. The van der Waals surface area contributed by atoms with Crippen molar-refractivity contribution >= 4 is 11.9 Å². The number of carbonyl (C=O) groups is 2. The van der Waals surface area contributed by atoms with Gasteiger partial charge in [-0.25, -0.2) is 4.79 Å². The third-order valence-corrected chi connectivity index (χ3v) is 4.97. The number of likely N-dealkylation sites (N-methyl/N-ethyl adjacent to an activating group) is 1. The lowest BCUT2D eigenvalue weighted by atomic mass is 10.1. The van der Waals surface area contributed by atoms with Crippen molar-refractivity contribution in [1.82, 2.24) is 9.47 Å². The molecule has 1 atom stereocenters. The number of hydrogen-bond acceptors (Lipinski definition) is 3. The molecule has 150 valence electrons. The van der Waals surface area contributed by atoms with Crippen molar-refractivity contribution in [2.24, 2.45) is 0 Å². The molecule has 1 unspecified atom stereocenters. The molecule has 29 heavy (non-hydrogen) atoms. The number of nitrogens with zero attached hydrogens (tertiary/aromatic N) is 2. The molecule has 5 nitrogen and oxygen atoms in total. The van der Waals surface area contributed by atoms with Crippen LogP contribution in [0.15, 0.2) is 66.7 Å². The molecule has 3 rings (SSSR count). The monoisotopic (exact) mass is 390 g/mol. The smallest absolute Gasteiger partial charge is 0.341 e. The van der Waals surface area contributed by atoms with Gasteiger partial charge in [-0.15, -0.1) is 0 Å². The zero-order valence-electron chi connectivity index (χ0n) is 17.3. The standard InChI is InChI=1S/C24H26N2O3/c1-17-15-21(18(2)26(17)16-19-11-7-5-8-12-19)24(28)29-22(23(27)25(3)4)20-13-9-6-10-14-20/h5-15,22H,16H2,1-4H3. The first kappa shape index (κ1) is 20.4. The Bertz CT molecular complexity index is 992. The third-order valence-electron chi connectivity index (χ3n) is 4.97. The number of ether oxygens (including phenoxy) is 1. The fourth-order valence-electron chi connectivity index (χ4n) is 3.31. The fraction of sp³-hybridized carbons (Fsp3) is 0.250. The summed E-state index contributed by atoms with van der Waals surface area (Å²) in [7, 11) is 3.30. The van der Waals surface area contributed by atoms with Crippen molar-refractivity contribution < 1.29 is 14.3 Å². The van der Waals surface area contributed by atoms with E-state index in [4.69, 9.17) is 4.74 Å². The van der Waals surface area contributed by atoms with Crippen LogP contribution in [0.5, 0.6) is 0 Å². The number of aromatic nitrogens is 1. The first-order valence-corrected chi connectivity index (χ1v) is 9.56. The molecule has 5 heteroatoms. The van der Waals surface area contributed by atoms with E-state index in [9.17, 15) is 9.59 Å². The number of benzene rings is 2. The maximum Gasteiger partial charge on any atom is 0.341 e. The minimum atomic E-state index is -0.976. The second-order valence-corrected chi connectivity index (χ2v) is 7.29. The molecular weight excluding hydrogens is 364 g/mol. The molecule has 0 spiro atoms. The zero-order valence-corrected chi connectivity index (χ0v) is 17.3. The molecule has 0 aliphatic carbocycles. The fourth-order valence-corrected chi connectivity index (χ4v) is 3.31. The van der Waals surface area contributed by atoms with Crippen molar-refractivity contribution in [3.8, 4) is 0 Å². The number of esters is 1. The molecule has 0 radical (unpaired) electrons. The summed E-state index contributed by atoms with van der Waals surface area (Å²) in [6, 6.07) is 21.0. The Balaban J connectivity index is 1.87. The van der Waals surface area contributed by atoms with Gasteiger partial charge in [-0.05, 0) is 25.5 Å². The summed E-state index contributed by atoms with van der Waals surface area (Å²) in [5, 5.41) is 0. The topological polar surface area (TPSA) is 51.5 Å². The van der Waals surface area contributed by atoms with Gasteiger partial charge in [0.1, 0.15) is 0 Å². The Morgan fingerprint density at radius 2 is 1.55 bits per heavy atom. The summed E-state index contributed by atoms with van der Waals surface area (Å²) in [5.41, 5.74) is 4.07. The number of rotatable bonds is 6. The Hall–Kier alpha value is -3.34. The van der Waals surface area contributed by atoms with Gasteiger partial charge in [0.25, 0.3) is 5.91 Å². The number of amides is 1. The normalized spacial score (nSPS) is 11.7. The first-order chi connectivity index (χ1) is 13.9. The minimum absolute atomic E-state index is 0.275. The maximum absolute atomic E-state index is 13.0. The Morgan fingerprint density at radius 1 is 0.966 bits per heavy atom. The molecule has 0 bridgehead atoms. The molecule has 0 N–H and O–H groups in total. The number of hydrogen-bond donors (Lipinski definition) is 0. The van der Waals surface area contributed by atoms with Crippen LogP contribution in [-0.2, 0) is 16.1 Å². The van der Waals surface area contributed by atoms with Crippen LogP contribution in [0.1, 0.15) is 39.0 Å². The van der Waals surface area contributed by atoms with Crippen molar-refractivity contribution in [3.05, 3.63) is 94.8 Å². The van der Waals surface area contributed by atoms with E-state index in [1.54, 1.807) is 26.2 Å². The SMILES string of the molecule is Cc1cc(C(=O)OC(C(=O)N(C)C)c2ccccc2)c(C)n1Cc1ccccc1. The van der Waals surface area contributed by atoms with Crippen LogP contribution in [0.2, 0.25) is 0 Å². The number of aryl methyl sites for hydroxylation is 1. The molecule has 0 fully saturated rings. The predicted octanol–water partition coefficient (Wildman–Crippen LogP) is 4.14. The average Bonchev–Trinajstić information content (AvgIpc) is 3.01. The Kier molecular flexibility index (Phi) is 6.17. The van der Waals surface area contributed by atoms with E-state index < -0.39 is 12.1 Å². The lowest BCUT2D eigenvalue weighted by Crippen LogP contribution is -2.31. The van der Waals surface area contributed by atoms with Crippen molar-refractivity contribution in [2.45, 2.75) is 26.5 Å². The summed E-state index contributed by atoms with van der Waals surface area (Å²) >= 11 is 0. The average molecular weight is 390 g/mol. The number of carbonyl (C=O) groups excluding carboxylic acids is 2. The van der Waals surface area contributed by atoms with Gasteiger partial charge in [-0.1, -0.05) is 60.7 Å². The van der Waals surface area contributed by atoms with E-state index in [1.165, 1.54) is 4.90 Å².